The lowest BCUT2D eigenvalue weighted by atomic mass is 9.48. The van der Waals surface area contributed by atoms with Crippen molar-refractivity contribution in [2.75, 3.05) is 6.54 Å². The minimum atomic E-state index is -4.82. The predicted molar refractivity (Wildman–Crippen MR) is 110 cm³/mol. The van der Waals surface area contributed by atoms with Gasteiger partial charge < -0.3 is 5.32 Å². The summed E-state index contributed by atoms with van der Waals surface area (Å²) in [5, 5.41) is 2.27. The lowest BCUT2D eigenvalue weighted by molar-refractivity contribution is -0.174. The monoisotopic (exact) mass is 413 g/mol. The molecule has 0 aliphatic heterocycles. The number of halogens is 3. The summed E-state index contributed by atoms with van der Waals surface area (Å²) in [4.78, 5) is 11.6. The van der Waals surface area contributed by atoms with Gasteiger partial charge in [-0.1, -0.05) is 52.7 Å². The molecule has 3 aliphatic carbocycles. The van der Waals surface area contributed by atoms with Gasteiger partial charge in [-0.15, -0.1) is 0 Å². The molecule has 1 amide bonds. The molecular weight excluding hydrogens is 375 g/mol. The summed E-state index contributed by atoms with van der Waals surface area (Å²) in [6.45, 7) is 13.7. The Balaban J connectivity index is 1.90. The van der Waals surface area contributed by atoms with Crippen LogP contribution in [0.25, 0.3) is 0 Å². The minimum Gasteiger partial charge on any atom is -0.348 e. The van der Waals surface area contributed by atoms with Crippen LogP contribution in [0.4, 0.5) is 13.2 Å². The van der Waals surface area contributed by atoms with Crippen LogP contribution in [0.1, 0.15) is 79.1 Å². The minimum absolute atomic E-state index is 0.00412. The highest BCUT2D eigenvalue weighted by Crippen LogP contribution is 2.63. The fourth-order valence-corrected chi connectivity index (χ4v) is 7.36. The average Bonchev–Trinajstić information content (AvgIpc) is 2.95. The Kier molecular flexibility index (Phi) is 6.20. The van der Waals surface area contributed by atoms with Gasteiger partial charge >= 0.3 is 12.1 Å². The summed E-state index contributed by atoms with van der Waals surface area (Å²) < 4.78 is 38.6. The van der Waals surface area contributed by atoms with E-state index in [1.165, 1.54) is 18.4 Å². The first-order valence-electron chi connectivity index (χ1n) is 11.5. The zero-order valence-corrected chi connectivity index (χ0v) is 18.5. The average molecular weight is 414 g/mol. The van der Waals surface area contributed by atoms with Crippen LogP contribution in [-0.4, -0.2) is 18.6 Å². The Hall–Kier alpha value is -1.00. The SMILES string of the molecule is C=C1CC[C@H]2[C@H](CNC(=O)C(F)(F)F)[C@@H]([C@@]3(C)CC[C@H](C)C[C@@H]3CC)CC[C@]12C. The van der Waals surface area contributed by atoms with E-state index in [0.29, 0.717) is 17.8 Å². The molecule has 3 saturated carbocycles. The Bertz CT molecular complexity index is 645. The standard InChI is InChI=1S/C24H38F3NO/c1-6-17-13-15(2)9-11-23(17,5)20-10-12-22(4)16(3)7-8-19(22)18(20)14-28-21(29)24(25,26)27/h15,17-20H,3,6-14H2,1-2,4-5H3,(H,28,29)/t15-,17-,18-,19-,20-,22+,23-/m0/s1. The highest BCUT2D eigenvalue weighted by Gasteiger charge is 2.56. The zero-order chi connectivity index (χ0) is 21.6. The second kappa shape index (κ2) is 7.92. The summed E-state index contributed by atoms with van der Waals surface area (Å²) in [5.41, 5.74) is 1.40. The molecule has 166 valence electrons. The van der Waals surface area contributed by atoms with E-state index in [4.69, 9.17) is 0 Å². The van der Waals surface area contributed by atoms with Gasteiger partial charge in [-0.2, -0.15) is 13.2 Å². The molecule has 3 aliphatic rings. The van der Waals surface area contributed by atoms with Crippen LogP contribution in [0.3, 0.4) is 0 Å². The molecule has 5 heteroatoms. The van der Waals surface area contributed by atoms with Gasteiger partial charge in [-0.3, -0.25) is 4.79 Å². The largest absolute Gasteiger partial charge is 0.471 e. The maximum absolute atomic E-state index is 12.9. The van der Waals surface area contributed by atoms with Crippen molar-refractivity contribution in [3.63, 3.8) is 0 Å². The van der Waals surface area contributed by atoms with Crippen molar-refractivity contribution in [2.45, 2.75) is 85.2 Å². The number of alkyl halides is 3. The third-order valence-corrected chi connectivity index (χ3v) is 9.28. The van der Waals surface area contributed by atoms with E-state index < -0.39 is 12.1 Å². The third-order valence-electron chi connectivity index (χ3n) is 9.28. The number of allylic oxidation sites excluding steroid dienone is 1. The topological polar surface area (TPSA) is 29.1 Å². The molecule has 0 radical (unpaired) electrons. The van der Waals surface area contributed by atoms with Gasteiger partial charge in [0.15, 0.2) is 0 Å². The smallest absolute Gasteiger partial charge is 0.348 e. The first-order valence-corrected chi connectivity index (χ1v) is 11.5. The summed E-state index contributed by atoms with van der Waals surface area (Å²) in [6, 6.07) is 0. The second-order valence-corrected chi connectivity index (χ2v) is 10.7. The molecule has 29 heavy (non-hydrogen) atoms. The van der Waals surface area contributed by atoms with Crippen molar-refractivity contribution in [1.29, 1.82) is 0 Å². The first kappa shape index (κ1) is 22.7. The van der Waals surface area contributed by atoms with Gasteiger partial charge in [0.25, 0.3) is 0 Å². The molecule has 0 saturated heterocycles. The van der Waals surface area contributed by atoms with Crippen LogP contribution in [0.5, 0.6) is 0 Å². The normalized spacial score (nSPS) is 43.1. The molecule has 3 fully saturated rings. The predicted octanol–water partition coefficient (Wildman–Crippen LogP) is 6.52. The zero-order valence-electron chi connectivity index (χ0n) is 18.5. The number of rotatable bonds is 4. The van der Waals surface area contributed by atoms with Crippen LogP contribution in [0.15, 0.2) is 12.2 Å². The summed E-state index contributed by atoms with van der Waals surface area (Å²) in [5.74, 6) is 0.289. The molecule has 0 aromatic carbocycles. The van der Waals surface area contributed by atoms with Gasteiger partial charge in [-0.25, -0.2) is 0 Å². The van der Waals surface area contributed by atoms with Gasteiger partial charge in [0.1, 0.15) is 0 Å². The van der Waals surface area contributed by atoms with Crippen molar-refractivity contribution in [1.82, 2.24) is 5.32 Å². The maximum atomic E-state index is 12.9. The Morgan fingerprint density at radius 1 is 1.17 bits per heavy atom. The second-order valence-electron chi connectivity index (χ2n) is 10.7. The molecule has 7 atom stereocenters. The van der Waals surface area contributed by atoms with Crippen LogP contribution < -0.4 is 5.32 Å². The molecule has 3 rings (SSSR count). The fourth-order valence-electron chi connectivity index (χ4n) is 7.36. The van der Waals surface area contributed by atoms with E-state index in [0.717, 1.165) is 44.4 Å². The number of hydrogen-bond donors (Lipinski definition) is 1. The van der Waals surface area contributed by atoms with E-state index in [-0.39, 0.29) is 23.3 Å². The fraction of sp³-hybridized carbons (Fsp3) is 0.875. The molecule has 0 heterocycles. The number of nitrogens with one attached hydrogen (secondary N) is 1. The van der Waals surface area contributed by atoms with E-state index >= 15 is 0 Å². The van der Waals surface area contributed by atoms with Gasteiger partial charge in [0.2, 0.25) is 0 Å². The van der Waals surface area contributed by atoms with Gasteiger partial charge in [0.05, 0.1) is 0 Å². The van der Waals surface area contributed by atoms with Gasteiger partial charge in [-0.05, 0) is 78.9 Å². The van der Waals surface area contributed by atoms with Gasteiger partial charge in [0, 0.05) is 6.54 Å². The molecule has 2 nitrogen and oxygen atoms in total. The quantitative estimate of drug-likeness (QED) is 0.523. The number of carbonyl (C=O) groups is 1. The van der Waals surface area contributed by atoms with E-state index in [1.54, 1.807) is 0 Å². The first-order chi connectivity index (χ1) is 13.4. The molecule has 1 N–H and O–H groups in total. The highest BCUT2D eigenvalue weighted by atomic mass is 19.4. The summed E-state index contributed by atoms with van der Waals surface area (Å²) >= 11 is 0. The number of carbonyl (C=O) groups excluding carboxylic acids is 1. The van der Waals surface area contributed by atoms with Crippen molar-refractivity contribution >= 4 is 5.91 Å². The molecule has 0 aromatic rings. The number of hydrogen-bond acceptors (Lipinski definition) is 1. The molecule has 0 spiro atoms. The van der Waals surface area contributed by atoms with E-state index in [9.17, 15) is 18.0 Å². The Labute approximate surface area is 174 Å². The maximum Gasteiger partial charge on any atom is 0.471 e. The van der Waals surface area contributed by atoms with Crippen molar-refractivity contribution in [2.24, 2.45) is 40.4 Å². The lowest BCUT2D eigenvalue weighted by Gasteiger charge is -2.57. The summed E-state index contributed by atoms with van der Waals surface area (Å²) in [7, 11) is 0. The van der Waals surface area contributed by atoms with Crippen LogP contribution >= 0.6 is 0 Å². The summed E-state index contributed by atoms with van der Waals surface area (Å²) in [6.07, 6.45) is 3.90. The lowest BCUT2D eigenvalue weighted by Crippen LogP contribution is -2.53. The van der Waals surface area contributed by atoms with Crippen molar-refractivity contribution in [3.05, 3.63) is 12.2 Å². The molecular formula is C24H38F3NO. The van der Waals surface area contributed by atoms with E-state index in [1.807, 2.05) is 0 Å². The van der Waals surface area contributed by atoms with Crippen molar-refractivity contribution < 1.29 is 18.0 Å². The highest BCUT2D eigenvalue weighted by molar-refractivity contribution is 5.81. The number of amides is 1. The molecule has 0 bridgehead atoms. The Morgan fingerprint density at radius 2 is 1.86 bits per heavy atom. The van der Waals surface area contributed by atoms with E-state index in [2.05, 4.69) is 39.6 Å². The van der Waals surface area contributed by atoms with Crippen molar-refractivity contribution in [3.8, 4) is 0 Å². The van der Waals surface area contributed by atoms with Crippen LogP contribution in [0, 0.1) is 40.4 Å². The molecule has 0 unspecified atom stereocenters. The Morgan fingerprint density at radius 3 is 2.48 bits per heavy atom. The third kappa shape index (κ3) is 3.99. The van der Waals surface area contributed by atoms with Crippen LogP contribution in [0.2, 0.25) is 0 Å². The number of fused-ring (bicyclic) bond motifs is 1. The van der Waals surface area contributed by atoms with Crippen LogP contribution in [-0.2, 0) is 4.79 Å². The molecule has 0 aromatic heterocycles.